The minimum absolute atomic E-state index is 0.0698. The molecule has 2 aliphatic heterocycles. The van der Waals surface area contributed by atoms with Crippen molar-refractivity contribution in [3.05, 3.63) is 74.2 Å². The first-order valence-electron chi connectivity index (χ1n) is 13.4. The smallest absolute Gasteiger partial charge is 0.237 e. The second-order valence-electron chi connectivity index (χ2n) is 12.1. The molecule has 2 spiro atoms. The Labute approximate surface area is 250 Å². The van der Waals surface area contributed by atoms with Crippen molar-refractivity contribution < 1.29 is 19.4 Å². The predicted octanol–water partition coefficient (Wildman–Crippen LogP) is 4.45. The summed E-state index contributed by atoms with van der Waals surface area (Å²) < 4.78 is 18.1. The molecule has 6 atom stereocenters. The zero-order valence-electron chi connectivity index (χ0n) is 22.4. The Morgan fingerprint density at radius 2 is 2.08 bits per heavy atom. The van der Waals surface area contributed by atoms with E-state index in [4.69, 9.17) is 11.6 Å². The molecule has 40 heavy (non-hydrogen) atoms. The summed E-state index contributed by atoms with van der Waals surface area (Å²) in [6.45, 7) is 6.69. The van der Waals surface area contributed by atoms with Gasteiger partial charge in [0.1, 0.15) is 23.3 Å². The molecule has 2 fully saturated rings. The van der Waals surface area contributed by atoms with Gasteiger partial charge in [0, 0.05) is 38.0 Å². The maximum Gasteiger partial charge on any atom is 0.237 e. The third-order valence-electron chi connectivity index (χ3n) is 8.89. The Bertz CT molecular complexity index is 1490. The summed E-state index contributed by atoms with van der Waals surface area (Å²) in [6, 6.07) is 11.5. The van der Waals surface area contributed by atoms with Gasteiger partial charge in [0.2, 0.25) is 5.91 Å². The number of amides is 1. The minimum Gasteiger partial charge on any atom is -0.394 e. The van der Waals surface area contributed by atoms with Gasteiger partial charge in [0.15, 0.2) is 0 Å². The molecular weight excluding hydrogens is 648 g/mol. The highest BCUT2D eigenvalue weighted by Crippen LogP contribution is 2.72. The third-order valence-corrected chi connectivity index (χ3v) is 9.96. The van der Waals surface area contributed by atoms with Crippen LogP contribution in [0, 0.1) is 20.7 Å². The molecule has 6 rings (SSSR count). The summed E-state index contributed by atoms with van der Waals surface area (Å²) in [6.07, 6.45) is 1.16. The fourth-order valence-corrected chi connectivity index (χ4v) is 8.05. The van der Waals surface area contributed by atoms with Crippen LogP contribution in [0.5, 0.6) is 0 Å². The van der Waals surface area contributed by atoms with Crippen molar-refractivity contribution in [2.45, 2.75) is 62.9 Å². The molecule has 1 aromatic heterocycles. The largest absolute Gasteiger partial charge is 0.394 e. The molecule has 8 nitrogen and oxygen atoms in total. The number of anilines is 2. The molecule has 1 amide bonds. The van der Waals surface area contributed by atoms with E-state index in [2.05, 4.69) is 41.8 Å². The molecule has 11 heteroatoms. The van der Waals surface area contributed by atoms with Crippen LogP contribution in [-0.4, -0.2) is 50.3 Å². The Morgan fingerprint density at radius 3 is 2.77 bits per heavy atom. The van der Waals surface area contributed by atoms with Crippen molar-refractivity contribution >= 4 is 51.6 Å². The van der Waals surface area contributed by atoms with Crippen LogP contribution in [0.3, 0.4) is 0 Å². The number of carbonyl (C=O) groups is 1. The number of aliphatic hydroxyl groups excluding tert-OH is 2. The van der Waals surface area contributed by atoms with Gasteiger partial charge >= 0.3 is 0 Å². The lowest BCUT2D eigenvalue weighted by Gasteiger charge is -2.38. The van der Waals surface area contributed by atoms with Crippen LogP contribution < -0.4 is 16.0 Å². The van der Waals surface area contributed by atoms with Gasteiger partial charge in [-0.3, -0.25) is 9.48 Å². The zero-order chi connectivity index (χ0) is 28.6. The topological polar surface area (TPSA) is 111 Å². The summed E-state index contributed by atoms with van der Waals surface area (Å²) in [7, 11) is 0. The summed E-state index contributed by atoms with van der Waals surface area (Å²) in [4.78, 5) is 14.4. The van der Waals surface area contributed by atoms with Crippen molar-refractivity contribution in [2.24, 2.45) is 11.3 Å². The van der Waals surface area contributed by atoms with E-state index in [0.29, 0.717) is 38.6 Å². The van der Waals surface area contributed by atoms with Gasteiger partial charge in [0.25, 0.3) is 0 Å². The van der Waals surface area contributed by atoms with Crippen molar-refractivity contribution in [1.29, 1.82) is 0 Å². The molecule has 212 valence electrons. The molecular formula is C29H32ClFIN5O3. The van der Waals surface area contributed by atoms with Crippen LogP contribution in [-0.2, 0) is 16.8 Å². The number of halogens is 3. The Kier molecular flexibility index (Phi) is 6.73. The van der Waals surface area contributed by atoms with Crippen molar-refractivity contribution in [2.75, 3.05) is 17.2 Å². The normalized spacial score (nSPS) is 29.6. The number of carbonyl (C=O) groups excluding carboxylic acids is 1. The van der Waals surface area contributed by atoms with E-state index in [1.54, 1.807) is 47.3 Å². The van der Waals surface area contributed by atoms with Gasteiger partial charge in [-0.2, -0.15) is 5.10 Å². The number of aromatic nitrogens is 2. The van der Waals surface area contributed by atoms with Crippen molar-refractivity contribution in [3.8, 4) is 0 Å². The second-order valence-corrected chi connectivity index (χ2v) is 13.7. The van der Waals surface area contributed by atoms with Gasteiger partial charge in [-0.25, -0.2) is 4.39 Å². The average molecular weight is 680 g/mol. The number of hydrogen-bond donors (Lipinski definition) is 5. The van der Waals surface area contributed by atoms with E-state index < -0.39 is 35.0 Å². The van der Waals surface area contributed by atoms with Crippen molar-refractivity contribution in [1.82, 2.24) is 15.1 Å². The number of benzene rings is 2. The average Bonchev–Trinajstić information content (AvgIpc) is 3.18. The summed E-state index contributed by atoms with van der Waals surface area (Å²) in [5.74, 6) is -0.917. The van der Waals surface area contributed by atoms with Crippen LogP contribution in [0.15, 0.2) is 48.7 Å². The molecule has 1 saturated heterocycles. The standard InChI is InChI=1S/C29H32ClFIN5O3/c1-27(2,3)20-14-28(20)29(17-8-7-15(30)13-19(17)33-26(29)40)22(16-5-4-6-18(32)23(16)31)24(35-28)25(39)34-21-9-10-37(36-21)11-12-38/h4-10,13,20,22,24-25,35,38-39H,11-12,14H2,1-3H3,(H,33,40)(H,34,36)/t20?,22-,24+,25?,28-,29+/m0/s1. The van der Waals surface area contributed by atoms with E-state index in [1.807, 2.05) is 28.7 Å². The molecule has 0 bridgehead atoms. The molecule has 3 aliphatic rings. The first-order chi connectivity index (χ1) is 18.9. The van der Waals surface area contributed by atoms with Gasteiger partial charge < -0.3 is 26.2 Å². The van der Waals surface area contributed by atoms with Gasteiger partial charge in [-0.15, -0.1) is 0 Å². The van der Waals surface area contributed by atoms with Crippen LogP contribution in [0.4, 0.5) is 15.9 Å². The second kappa shape index (κ2) is 9.65. The lowest BCUT2D eigenvalue weighted by Crippen LogP contribution is -2.52. The fraction of sp³-hybridized carbons (Fsp3) is 0.448. The molecule has 1 saturated carbocycles. The number of aliphatic hydroxyl groups is 2. The quantitative estimate of drug-likeness (QED) is 0.195. The van der Waals surface area contributed by atoms with E-state index >= 15 is 4.39 Å². The molecule has 3 heterocycles. The number of nitrogens with zero attached hydrogens (tertiary/aromatic N) is 2. The maximum absolute atomic E-state index is 16.1. The molecule has 2 aromatic carbocycles. The summed E-state index contributed by atoms with van der Waals surface area (Å²) in [5, 5.41) is 35.8. The number of rotatable bonds is 6. The highest BCUT2D eigenvalue weighted by Gasteiger charge is 2.81. The van der Waals surface area contributed by atoms with Gasteiger partial charge in [-0.1, -0.05) is 50.6 Å². The van der Waals surface area contributed by atoms with E-state index in [9.17, 15) is 15.0 Å². The number of hydrogen-bond acceptors (Lipinski definition) is 6. The third kappa shape index (κ3) is 4.01. The van der Waals surface area contributed by atoms with Crippen LogP contribution >= 0.6 is 34.2 Å². The molecule has 3 aromatic rings. The van der Waals surface area contributed by atoms with Crippen molar-refractivity contribution in [3.63, 3.8) is 0 Å². The zero-order valence-corrected chi connectivity index (χ0v) is 25.3. The maximum atomic E-state index is 16.1. The Hall–Kier alpha value is -2.25. The predicted molar refractivity (Wildman–Crippen MR) is 160 cm³/mol. The van der Waals surface area contributed by atoms with Crippen LogP contribution in [0.2, 0.25) is 5.02 Å². The van der Waals surface area contributed by atoms with E-state index in [0.717, 1.165) is 5.56 Å². The summed E-state index contributed by atoms with van der Waals surface area (Å²) in [5.41, 5.74) is -0.382. The van der Waals surface area contributed by atoms with Crippen LogP contribution in [0.1, 0.15) is 44.2 Å². The highest BCUT2D eigenvalue weighted by atomic mass is 127. The number of nitrogens with one attached hydrogen (secondary N) is 3. The minimum atomic E-state index is -1.22. The Balaban J connectivity index is 1.55. The fourth-order valence-electron chi connectivity index (χ4n) is 7.36. The van der Waals surface area contributed by atoms with Crippen LogP contribution in [0.25, 0.3) is 0 Å². The van der Waals surface area contributed by atoms with Gasteiger partial charge in [0.05, 0.1) is 19.2 Å². The lowest BCUT2D eigenvalue weighted by atomic mass is 9.61. The van der Waals surface area contributed by atoms with E-state index in [-0.39, 0.29) is 23.8 Å². The highest BCUT2D eigenvalue weighted by molar-refractivity contribution is 14.1. The first-order valence-corrected chi connectivity index (χ1v) is 14.8. The Morgan fingerprint density at radius 1 is 1.30 bits per heavy atom. The lowest BCUT2D eigenvalue weighted by molar-refractivity contribution is -0.122. The molecule has 2 unspecified atom stereocenters. The molecule has 5 N–H and O–H groups in total. The number of fused-ring (bicyclic) bond motifs is 3. The van der Waals surface area contributed by atoms with Gasteiger partial charge in [-0.05, 0) is 69.7 Å². The SMILES string of the molecule is CC(C)(C)C1C[C@]12N[C@@H](C(O)Nc1ccn(CCO)n1)[C@H](c1cccc(I)c1F)[C@]21C(=O)Nc2cc(Cl)ccc21. The first kappa shape index (κ1) is 27.9. The molecule has 1 aliphatic carbocycles. The summed E-state index contributed by atoms with van der Waals surface area (Å²) >= 11 is 8.31. The molecule has 0 radical (unpaired) electrons. The monoisotopic (exact) mass is 679 g/mol. The van der Waals surface area contributed by atoms with E-state index in [1.165, 1.54) is 0 Å².